The van der Waals surface area contributed by atoms with Crippen molar-refractivity contribution in [1.29, 1.82) is 0 Å². The van der Waals surface area contributed by atoms with E-state index in [9.17, 15) is 0 Å². The van der Waals surface area contributed by atoms with Gasteiger partial charge in [-0.2, -0.15) is 0 Å². The minimum atomic E-state index is 0.315. The molecule has 1 aromatic heterocycles. The van der Waals surface area contributed by atoms with Crippen LogP contribution in [0.4, 0.5) is 5.13 Å². The third kappa shape index (κ3) is 4.19. The van der Waals surface area contributed by atoms with E-state index in [4.69, 9.17) is 15.2 Å². The van der Waals surface area contributed by atoms with Crippen molar-refractivity contribution < 1.29 is 9.47 Å². The predicted molar refractivity (Wildman–Crippen MR) is 103 cm³/mol. The number of fused-ring (bicyclic) bond motifs is 1. The van der Waals surface area contributed by atoms with E-state index in [1.54, 1.807) is 7.11 Å². The number of guanidine groups is 1. The molecule has 2 aromatic carbocycles. The quantitative estimate of drug-likeness (QED) is 0.521. The van der Waals surface area contributed by atoms with Crippen LogP contribution in [0, 0.1) is 0 Å². The first-order valence-electron chi connectivity index (χ1n) is 7.92. The van der Waals surface area contributed by atoms with E-state index in [0.29, 0.717) is 24.2 Å². The summed E-state index contributed by atoms with van der Waals surface area (Å²) in [6.45, 7) is 3.03. The Morgan fingerprint density at radius 1 is 1.28 bits per heavy atom. The molecule has 6 nitrogen and oxygen atoms in total. The fourth-order valence-electron chi connectivity index (χ4n) is 2.37. The third-order valence-electron chi connectivity index (χ3n) is 3.52. The first-order valence-corrected chi connectivity index (χ1v) is 8.73. The van der Waals surface area contributed by atoms with Crippen molar-refractivity contribution >= 4 is 32.6 Å². The van der Waals surface area contributed by atoms with E-state index in [0.717, 1.165) is 27.3 Å². The van der Waals surface area contributed by atoms with Crippen LogP contribution in [0.15, 0.2) is 47.5 Å². The molecular weight excluding hydrogens is 336 g/mol. The van der Waals surface area contributed by atoms with Crippen LogP contribution in [0.2, 0.25) is 0 Å². The molecule has 0 radical (unpaired) electrons. The largest absolute Gasteiger partial charge is 0.496 e. The zero-order valence-electron chi connectivity index (χ0n) is 14.2. The summed E-state index contributed by atoms with van der Waals surface area (Å²) >= 11 is 1.51. The average molecular weight is 356 g/mol. The zero-order valence-corrected chi connectivity index (χ0v) is 15.0. The first-order chi connectivity index (χ1) is 12.2. The minimum Gasteiger partial charge on any atom is -0.496 e. The molecule has 0 saturated heterocycles. The molecule has 0 aliphatic carbocycles. The Labute approximate surface area is 150 Å². The number of hydrogen-bond donors (Lipinski definition) is 2. The van der Waals surface area contributed by atoms with Gasteiger partial charge in [-0.25, -0.2) is 9.98 Å². The van der Waals surface area contributed by atoms with E-state index in [1.165, 1.54) is 11.3 Å². The molecule has 3 N–H and O–H groups in total. The summed E-state index contributed by atoms with van der Waals surface area (Å²) in [7, 11) is 1.64. The number of nitrogens with one attached hydrogen (secondary N) is 1. The number of nitrogens with zero attached hydrogens (tertiary/aromatic N) is 2. The molecule has 0 amide bonds. The molecule has 3 aromatic rings. The molecular formula is C18H20N4O2S. The Balaban J connectivity index is 1.71. The van der Waals surface area contributed by atoms with E-state index >= 15 is 0 Å². The second-order valence-corrected chi connectivity index (χ2v) is 6.25. The lowest BCUT2D eigenvalue weighted by Crippen LogP contribution is -2.22. The molecule has 0 bridgehead atoms. The molecule has 7 heteroatoms. The summed E-state index contributed by atoms with van der Waals surface area (Å²) in [4.78, 5) is 8.87. The van der Waals surface area contributed by atoms with E-state index in [1.807, 2.05) is 49.4 Å². The number of methoxy groups -OCH3 is 1. The summed E-state index contributed by atoms with van der Waals surface area (Å²) in [5.74, 6) is 1.94. The molecule has 0 aliphatic heterocycles. The fraction of sp³-hybridized carbons (Fsp3) is 0.222. The SMILES string of the molecule is CCOc1ccc2nc(NC(N)=NCc3ccccc3OC)sc2c1. The molecule has 0 saturated carbocycles. The number of thiazole rings is 1. The normalized spacial score (nSPS) is 11.5. The number of aromatic nitrogens is 1. The summed E-state index contributed by atoms with van der Waals surface area (Å²) in [6, 6.07) is 13.6. The molecule has 1 heterocycles. The number of benzene rings is 2. The molecule has 0 unspecified atom stereocenters. The van der Waals surface area contributed by atoms with Gasteiger partial charge in [0.1, 0.15) is 11.5 Å². The van der Waals surface area contributed by atoms with E-state index < -0.39 is 0 Å². The monoisotopic (exact) mass is 356 g/mol. The minimum absolute atomic E-state index is 0.315. The summed E-state index contributed by atoms with van der Waals surface area (Å²) < 4.78 is 11.9. The van der Waals surface area contributed by atoms with Crippen LogP contribution in [-0.2, 0) is 6.54 Å². The van der Waals surface area contributed by atoms with Gasteiger partial charge in [-0.05, 0) is 31.2 Å². The molecule has 3 rings (SSSR count). The highest BCUT2D eigenvalue weighted by molar-refractivity contribution is 7.22. The van der Waals surface area contributed by atoms with Gasteiger partial charge in [0.25, 0.3) is 0 Å². The van der Waals surface area contributed by atoms with Crippen LogP contribution in [0.5, 0.6) is 11.5 Å². The number of ether oxygens (including phenoxy) is 2. The summed E-state index contributed by atoms with van der Waals surface area (Å²) in [6.07, 6.45) is 0. The molecule has 25 heavy (non-hydrogen) atoms. The van der Waals surface area contributed by atoms with Gasteiger partial charge < -0.3 is 20.5 Å². The number of aliphatic imine (C=N–C) groups is 1. The van der Waals surface area contributed by atoms with Crippen LogP contribution in [0.25, 0.3) is 10.2 Å². The Hall–Kier alpha value is -2.80. The molecule has 130 valence electrons. The molecule has 0 fully saturated rings. The van der Waals surface area contributed by atoms with Gasteiger partial charge in [0, 0.05) is 5.56 Å². The van der Waals surface area contributed by atoms with Gasteiger partial charge >= 0.3 is 0 Å². The van der Waals surface area contributed by atoms with Crippen LogP contribution in [-0.4, -0.2) is 24.7 Å². The lowest BCUT2D eigenvalue weighted by atomic mass is 10.2. The van der Waals surface area contributed by atoms with Crippen molar-refractivity contribution in [2.45, 2.75) is 13.5 Å². The van der Waals surface area contributed by atoms with Crippen LogP contribution in [0.1, 0.15) is 12.5 Å². The van der Waals surface area contributed by atoms with E-state index in [-0.39, 0.29) is 0 Å². The van der Waals surface area contributed by atoms with Crippen molar-refractivity contribution in [2.24, 2.45) is 10.7 Å². The maximum Gasteiger partial charge on any atom is 0.195 e. The maximum absolute atomic E-state index is 5.98. The number of rotatable bonds is 6. The highest BCUT2D eigenvalue weighted by Crippen LogP contribution is 2.29. The topological polar surface area (TPSA) is 81.8 Å². The van der Waals surface area contributed by atoms with Gasteiger partial charge in [-0.1, -0.05) is 29.5 Å². The Kier molecular flexibility index (Phi) is 5.35. The first kappa shape index (κ1) is 17.0. The summed E-state index contributed by atoms with van der Waals surface area (Å²) in [5.41, 5.74) is 7.85. The number of anilines is 1. The standard InChI is InChI=1S/C18H20N4O2S/c1-3-24-13-8-9-14-16(10-13)25-18(21-14)22-17(19)20-11-12-6-4-5-7-15(12)23-2/h4-10H,3,11H2,1-2H3,(H3,19,20,21,22). The van der Waals surface area contributed by atoms with Crippen molar-refractivity contribution in [3.05, 3.63) is 48.0 Å². The van der Waals surface area contributed by atoms with Crippen molar-refractivity contribution in [1.82, 2.24) is 4.98 Å². The van der Waals surface area contributed by atoms with Crippen LogP contribution < -0.4 is 20.5 Å². The van der Waals surface area contributed by atoms with E-state index in [2.05, 4.69) is 15.3 Å². The van der Waals surface area contributed by atoms with Crippen LogP contribution in [0.3, 0.4) is 0 Å². The van der Waals surface area contributed by atoms with Crippen molar-refractivity contribution in [3.8, 4) is 11.5 Å². The summed E-state index contributed by atoms with van der Waals surface area (Å²) in [5, 5.41) is 3.74. The zero-order chi connectivity index (χ0) is 17.6. The maximum atomic E-state index is 5.98. The highest BCUT2D eigenvalue weighted by atomic mass is 32.1. The smallest absolute Gasteiger partial charge is 0.195 e. The Bertz CT molecular complexity index is 892. The van der Waals surface area contributed by atoms with Gasteiger partial charge in [0.2, 0.25) is 0 Å². The lowest BCUT2D eigenvalue weighted by molar-refractivity contribution is 0.341. The van der Waals surface area contributed by atoms with Crippen molar-refractivity contribution in [2.75, 3.05) is 19.0 Å². The highest BCUT2D eigenvalue weighted by Gasteiger charge is 2.07. The van der Waals surface area contributed by atoms with Gasteiger partial charge in [0.05, 0.1) is 30.5 Å². The number of para-hydroxylation sites is 1. The average Bonchev–Trinajstić information content (AvgIpc) is 3.02. The Morgan fingerprint density at radius 3 is 2.92 bits per heavy atom. The molecule has 0 spiro atoms. The number of nitrogens with two attached hydrogens (primary N) is 1. The lowest BCUT2D eigenvalue weighted by Gasteiger charge is -2.06. The van der Waals surface area contributed by atoms with Gasteiger partial charge in [-0.3, -0.25) is 0 Å². The second-order valence-electron chi connectivity index (χ2n) is 5.22. The van der Waals surface area contributed by atoms with Crippen LogP contribution >= 0.6 is 11.3 Å². The predicted octanol–water partition coefficient (Wildman–Crippen LogP) is 3.63. The fourth-order valence-corrected chi connectivity index (χ4v) is 3.27. The van der Waals surface area contributed by atoms with Gasteiger partial charge in [0.15, 0.2) is 11.1 Å². The molecule has 0 aliphatic rings. The van der Waals surface area contributed by atoms with Gasteiger partial charge in [-0.15, -0.1) is 0 Å². The van der Waals surface area contributed by atoms with Crippen molar-refractivity contribution in [3.63, 3.8) is 0 Å². The Morgan fingerprint density at radius 2 is 2.12 bits per heavy atom. The molecule has 0 atom stereocenters. The number of hydrogen-bond acceptors (Lipinski definition) is 5. The third-order valence-corrected chi connectivity index (χ3v) is 4.45. The second kappa shape index (κ2) is 7.85.